The summed E-state index contributed by atoms with van der Waals surface area (Å²) in [5.41, 5.74) is 1.09. The third kappa shape index (κ3) is 4.88. The SMILES string of the molecule is CC(CCCCc1ccccn1)N(O)O. The van der Waals surface area contributed by atoms with E-state index in [1.54, 1.807) is 13.1 Å². The molecule has 1 aromatic rings. The lowest BCUT2D eigenvalue weighted by Crippen LogP contribution is -2.25. The van der Waals surface area contributed by atoms with E-state index in [4.69, 9.17) is 10.4 Å². The van der Waals surface area contributed by atoms with E-state index in [9.17, 15) is 0 Å². The van der Waals surface area contributed by atoms with E-state index in [0.717, 1.165) is 31.4 Å². The van der Waals surface area contributed by atoms with Crippen molar-refractivity contribution in [2.45, 2.75) is 38.6 Å². The van der Waals surface area contributed by atoms with Gasteiger partial charge in [-0.2, -0.15) is 0 Å². The summed E-state index contributed by atoms with van der Waals surface area (Å²) in [5, 5.41) is 17.7. The van der Waals surface area contributed by atoms with Crippen molar-refractivity contribution < 1.29 is 10.4 Å². The summed E-state index contributed by atoms with van der Waals surface area (Å²) in [6.45, 7) is 1.78. The van der Waals surface area contributed by atoms with Crippen LogP contribution in [-0.4, -0.2) is 26.7 Å². The van der Waals surface area contributed by atoms with Crippen molar-refractivity contribution in [2.75, 3.05) is 0 Å². The standard InChI is InChI=1S/C11H18N2O2/c1-10(13(14)15)6-2-3-7-11-8-4-5-9-12-11/h4-5,8-10,14-15H,2-3,6-7H2,1H3. The van der Waals surface area contributed by atoms with Crippen LogP contribution in [0.2, 0.25) is 0 Å². The molecule has 1 rings (SSSR count). The molecule has 84 valence electrons. The first-order valence-electron chi connectivity index (χ1n) is 5.27. The Balaban J connectivity index is 2.12. The average molecular weight is 210 g/mol. The van der Waals surface area contributed by atoms with Crippen LogP contribution in [0, 0.1) is 0 Å². The van der Waals surface area contributed by atoms with Crippen LogP contribution in [0.1, 0.15) is 31.9 Å². The first-order valence-corrected chi connectivity index (χ1v) is 5.27. The summed E-state index contributed by atoms with van der Waals surface area (Å²) in [6.07, 6.45) is 5.51. The van der Waals surface area contributed by atoms with Gasteiger partial charge in [0, 0.05) is 11.9 Å². The Morgan fingerprint density at radius 1 is 1.33 bits per heavy atom. The Morgan fingerprint density at radius 3 is 2.73 bits per heavy atom. The quantitative estimate of drug-likeness (QED) is 0.558. The molecule has 0 aliphatic rings. The molecule has 1 atom stereocenters. The highest BCUT2D eigenvalue weighted by atomic mass is 16.8. The van der Waals surface area contributed by atoms with Crippen molar-refractivity contribution in [3.05, 3.63) is 30.1 Å². The second-order valence-electron chi connectivity index (χ2n) is 3.74. The molecule has 0 bridgehead atoms. The molecule has 0 saturated heterocycles. The van der Waals surface area contributed by atoms with Crippen molar-refractivity contribution >= 4 is 0 Å². The minimum Gasteiger partial charge on any atom is -0.289 e. The van der Waals surface area contributed by atoms with Gasteiger partial charge < -0.3 is 0 Å². The van der Waals surface area contributed by atoms with Gasteiger partial charge in [0.05, 0.1) is 6.04 Å². The van der Waals surface area contributed by atoms with Crippen LogP contribution in [0.15, 0.2) is 24.4 Å². The van der Waals surface area contributed by atoms with Crippen molar-refractivity contribution in [2.24, 2.45) is 0 Å². The highest BCUT2D eigenvalue weighted by Crippen LogP contribution is 2.07. The fraction of sp³-hybridized carbons (Fsp3) is 0.545. The van der Waals surface area contributed by atoms with Gasteiger partial charge in [-0.3, -0.25) is 15.4 Å². The van der Waals surface area contributed by atoms with Gasteiger partial charge in [0.25, 0.3) is 0 Å². The number of hydroxylamine groups is 2. The topological polar surface area (TPSA) is 56.6 Å². The zero-order valence-corrected chi connectivity index (χ0v) is 9.00. The van der Waals surface area contributed by atoms with Crippen LogP contribution >= 0.6 is 0 Å². The number of unbranched alkanes of at least 4 members (excludes halogenated alkanes) is 1. The lowest BCUT2D eigenvalue weighted by Gasteiger charge is -2.14. The van der Waals surface area contributed by atoms with Gasteiger partial charge in [-0.1, -0.05) is 17.7 Å². The normalized spacial score (nSPS) is 13.1. The molecular weight excluding hydrogens is 192 g/mol. The lowest BCUT2D eigenvalue weighted by atomic mass is 10.1. The van der Waals surface area contributed by atoms with E-state index in [1.807, 2.05) is 18.2 Å². The second kappa shape index (κ2) is 6.50. The summed E-state index contributed by atoms with van der Waals surface area (Å²) in [6, 6.07) is 5.69. The maximum absolute atomic E-state index is 8.71. The zero-order valence-electron chi connectivity index (χ0n) is 9.00. The molecule has 0 aliphatic heterocycles. The molecule has 15 heavy (non-hydrogen) atoms. The smallest absolute Gasteiger partial charge is 0.0595 e. The van der Waals surface area contributed by atoms with E-state index >= 15 is 0 Å². The Hall–Kier alpha value is -0.970. The van der Waals surface area contributed by atoms with Crippen molar-refractivity contribution in [3.63, 3.8) is 0 Å². The van der Waals surface area contributed by atoms with Gasteiger partial charge in [-0.15, -0.1) is 0 Å². The number of rotatable bonds is 6. The van der Waals surface area contributed by atoms with Gasteiger partial charge in [-0.05, 0) is 38.3 Å². The largest absolute Gasteiger partial charge is 0.289 e. The third-order valence-electron chi connectivity index (χ3n) is 2.43. The number of hydrogen-bond donors (Lipinski definition) is 2. The van der Waals surface area contributed by atoms with Gasteiger partial charge in [-0.25, -0.2) is 0 Å². The average Bonchev–Trinajstić information content (AvgIpc) is 2.25. The fourth-order valence-corrected chi connectivity index (χ4v) is 1.41. The Morgan fingerprint density at radius 2 is 2.13 bits per heavy atom. The predicted molar refractivity (Wildman–Crippen MR) is 56.7 cm³/mol. The number of pyridine rings is 1. The first kappa shape index (κ1) is 12.1. The van der Waals surface area contributed by atoms with Crippen LogP contribution in [0.25, 0.3) is 0 Å². The van der Waals surface area contributed by atoms with Gasteiger partial charge in [0.1, 0.15) is 0 Å². The Kier molecular flexibility index (Phi) is 5.25. The Bertz CT molecular complexity index is 265. The number of aryl methyl sites for hydroxylation is 1. The summed E-state index contributed by atoms with van der Waals surface area (Å²) < 4.78 is 0. The fourth-order valence-electron chi connectivity index (χ4n) is 1.41. The van der Waals surface area contributed by atoms with E-state index in [-0.39, 0.29) is 11.3 Å². The maximum Gasteiger partial charge on any atom is 0.0595 e. The highest BCUT2D eigenvalue weighted by molar-refractivity contribution is 5.03. The van der Waals surface area contributed by atoms with Gasteiger partial charge >= 0.3 is 0 Å². The van der Waals surface area contributed by atoms with Crippen LogP contribution in [0.4, 0.5) is 0 Å². The summed E-state index contributed by atoms with van der Waals surface area (Å²) in [7, 11) is 0. The molecule has 0 saturated carbocycles. The van der Waals surface area contributed by atoms with E-state index < -0.39 is 0 Å². The van der Waals surface area contributed by atoms with Crippen LogP contribution in [-0.2, 0) is 6.42 Å². The van der Waals surface area contributed by atoms with Crippen LogP contribution in [0.5, 0.6) is 0 Å². The number of aromatic nitrogens is 1. The molecule has 0 radical (unpaired) electrons. The molecule has 2 N–H and O–H groups in total. The van der Waals surface area contributed by atoms with Crippen molar-refractivity contribution in [3.8, 4) is 0 Å². The molecule has 0 spiro atoms. The number of hydrogen-bond acceptors (Lipinski definition) is 4. The van der Waals surface area contributed by atoms with Crippen LogP contribution < -0.4 is 0 Å². The van der Waals surface area contributed by atoms with Gasteiger partial charge in [0.15, 0.2) is 0 Å². The predicted octanol–water partition coefficient (Wildman–Crippen LogP) is 2.26. The van der Waals surface area contributed by atoms with E-state index in [1.165, 1.54) is 0 Å². The molecule has 0 amide bonds. The minimum absolute atomic E-state index is 0.200. The lowest BCUT2D eigenvalue weighted by molar-refractivity contribution is -0.329. The summed E-state index contributed by atoms with van der Waals surface area (Å²) in [5.74, 6) is 0. The molecule has 0 fully saturated rings. The van der Waals surface area contributed by atoms with Gasteiger partial charge in [0.2, 0.25) is 0 Å². The molecule has 0 aromatic carbocycles. The second-order valence-corrected chi connectivity index (χ2v) is 3.74. The molecule has 0 aliphatic carbocycles. The molecular formula is C11H18N2O2. The molecule has 1 aromatic heterocycles. The monoisotopic (exact) mass is 210 g/mol. The van der Waals surface area contributed by atoms with Crippen molar-refractivity contribution in [1.82, 2.24) is 10.2 Å². The maximum atomic E-state index is 8.71. The highest BCUT2D eigenvalue weighted by Gasteiger charge is 2.07. The first-order chi connectivity index (χ1) is 7.20. The van der Waals surface area contributed by atoms with Crippen LogP contribution in [0.3, 0.4) is 0 Å². The molecule has 4 heteroatoms. The van der Waals surface area contributed by atoms with E-state index in [0.29, 0.717) is 0 Å². The molecule has 1 heterocycles. The summed E-state index contributed by atoms with van der Waals surface area (Å²) >= 11 is 0. The Labute approximate surface area is 90.1 Å². The van der Waals surface area contributed by atoms with E-state index in [2.05, 4.69) is 4.98 Å². The summed E-state index contributed by atoms with van der Waals surface area (Å²) in [4.78, 5) is 4.22. The molecule has 4 nitrogen and oxygen atoms in total. The number of nitrogens with zero attached hydrogens (tertiary/aromatic N) is 2. The minimum atomic E-state index is -0.200. The van der Waals surface area contributed by atoms with Crippen molar-refractivity contribution in [1.29, 1.82) is 0 Å². The molecule has 1 unspecified atom stereocenters. The third-order valence-corrected chi connectivity index (χ3v) is 2.43. The zero-order chi connectivity index (χ0) is 11.1.